The summed E-state index contributed by atoms with van der Waals surface area (Å²) in [4.78, 5) is 27.6. The standard InChI is InChI=1S/C17H21N3O2S2/c18-16(21)13-8-15(24-11-13)17(22)19-9-12-3-5-20(6-4-12)10-14-2-1-7-23-14/h1-2,7-8,11-12H,3-6,9-10H2,(H2,18,21)(H,19,22). The molecule has 0 spiro atoms. The van der Waals surface area contributed by atoms with Gasteiger partial charge in [0.2, 0.25) is 5.91 Å². The van der Waals surface area contributed by atoms with Gasteiger partial charge in [-0.15, -0.1) is 22.7 Å². The zero-order chi connectivity index (χ0) is 16.9. The van der Waals surface area contributed by atoms with Crippen LogP contribution in [0.5, 0.6) is 0 Å². The summed E-state index contributed by atoms with van der Waals surface area (Å²) in [6, 6.07) is 5.83. The van der Waals surface area contributed by atoms with E-state index < -0.39 is 5.91 Å². The number of hydrogen-bond donors (Lipinski definition) is 2. The molecule has 2 aromatic rings. The van der Waals surface area contributed by atoms with Crippen LogP contribution in [0.2, 0.25) is 0 Å². The first-order chi connectivity index (χ1) is 11.6. The highest BCUT2D eigenvalue weighted by atomic mass is 32.1. The molecule has 0 radical (unpaired) electrons. The van der Waals surface area contributed by atoms with Crippen molar-refractivity contribution in [2.75, 3.05) is 19.6 Å². The van der Waals surface area contributed by atoms with Crippen LogP contribution in [-0.2, 0) is 6.54 Å². The number of primary amides is 1. The second kappa shape index (κ2) is 7.92. The zero-order valence-corrected chi connectivity index (χ0v) is 15.0. The molecule has 0 bridgehead atoms. The van der Waals surface area contributed by atoms with Gasteiger partial charge in [-0.05, 0) is 49.4 Å². The Balaban J connectivity index is 1.41. The number of nitrogens with two attached hydrogens (primary N) is 1. The van der Waals surface area contributed by atoms with Gasteiger partial charge in [-0.3, -0.25) is 14.5 Å². The van der Waals surface area contributed by atoms with Crippen LogP contribution in [0.1, 0.15) is 37.7 Å². The van der Waals surface area contributed by atoms with Gasteiger partial charge in [0.1, 0.15) is 0 Å². The molecule has 3 rings (SSSR count). The van der Waals surface area contributed by atoms with Gasteiger partial charge in [-0.25, -0.2) is 0 Å². The molecular formula is C17H21N3O2S2. The first kappa shape index (κ1) is 17.1. The lowest BCUT2D eigenvalue weighted by atomic mass is 9.96. The molecule has 0 atom stereocenters. The minimum Gasteiger partial charge on any atom is -0.366 e. The Hall–Kier alpha value is -1.70. The Kier molecular flexibility index (Phi) is 5.65. The van der Waals surface area contributed by atoms with E-state index in [0.29, 0.717) is 22.9 Å². The summed E-state index contributed by atoms with van der Waals surface area (Å²) in [6.07, 6.45) is 2.20. The van der Waals surface area contributed by atoms with Crippen LogP contribution in [0.4, 0.5) is 0 Å². The van der Waals surface area contributed by atoms with Crippen molar-refractivity contribution in [3.63, 3.8) is 0 Å². The lowest BCUT2D eigenvalue weighted by Crippen LogP contribution is -2.38. The summed E-state index contributed by atoms with van der Waals surface area (Å²) >= 11 is 3.06. The molecule has 5 nitrogen and oxygen atoms in total. The van der Waals surface area contributed by atoms with Gasteiger partial charge in [0.05, 0.1) is 10.4 Å². The number of likely N-dealkylation sites (tertiary alicyclic amines) is 1. The molecule has 24 heavy (non-hydrogen) atoms. The lowest BCUT2D eigenvalue weighted by molar-refractivity contribution is 0.0939. The van der Waals surface area contributed by atoms with E-state index in [2.05, 4.69) is 27.7 Å². The van der Waals surface area contributed by atoms with E-state index >= 15 is 0 Å². The van der Waals surface area contributed by atoms with Gasteiger partial charge in [0.25, 0.3) is 5.91 Å². The Morgan fingerprint density at radius 2 is 2.08 bits per heavy atom. The molecule has 0 aliphatic carbocycles. The molecular weight excluding hydrogens is 342 g/mol. The highest BCUT2D eigenvalue weighted by Gasteiger charge is 2.20. The molecule has 128 valence electrons. The third-order valence-corrected chi connectivity index (χ3v) is 6.12. The summed E-state index contributed by atoms with van der Waals surface area (Å²) in [5.74, 6) is -0.0963. The van der Waals surface area contributed by atoms with Crippen molar-refractivity contribution in [2.24, 2.45) is 11.7 Å². The number of piperidine rings is 1. The number of hydrogen-bond acceptors (Lipinski definition) is 5. The number of carbonyl (C=O) groups is 2. The summed E-state index contributed by atoms with van der Waals surface area (Å²) < 4.78 is 0. The van der Waals surface area contributed by atoms with Gasteiger partial charge in [-0.2, -0.15) is 0 Å². The van der Waals surface area contributed by atoms with Crippen LogP contribution in [0.15, 0.2) is 29.0 Å². The molecule has 1 saturated heterocycles. The summed E-state index contributed by atoms with van der Waals surface area (Å²) in [5.41, 5.74) is 5.61. The SMILES string of the molecule is NC(=O)c1csc(C(=O)NCC2CCN(Cc3cccs3)CC2)c1. The Morgan fingerprint density at radius 3 is 2.71 bits per heavy atom. The van der Waals surface area contributed by atoms with Crippen molar-refractivity contribution in [2.45, 2.75) is 19.4 Å². The molecule has 3 N–H and O–H groups in total. The van der Waals surface area contributed by atoms with E-state index in [1.54, 1.807) is 22.8 Å². The van der Waals surface area contributed by atoms with Crippen LogP contribution in [0, 0.1) is 5.92 Å². The smallest absolute Gasteiger partial charge is 0.261 e. The minimum atomic E-state index is -0.497. The molecule has 0 saturated carbocycles. The molecule has 2 amide bonds. The molecule has 3 heterocycles. The second-order valence-electron chi connectivity index (χ2n) is 6.07. The normalized spacial score (nSPS) is 16.2. The van der Waals surface area contributed by atoms with Crippen molar-refractivity contribution in [1.29, 1.82) is 0 Å². The number of carbonyl (C=O) groups excluding carboxylic acids is 2. The largest absolute Gasteiger partial charge is 0.366 e. The fourth-order valence-corrected chi connectivity index (χ4v) is 4.44. The molecule has 7 heteroatoms. The summed E-state index contributed by atoms with van der Waals surface area (Å²) in [6.45, 7) is 3.86. The first-order valence-corrected chi connectivity index (χ1v) is 9.79. The third kappa shape index (κ3) is 4.43. The number of amides is 2. The Bertz CT molecular complexity index is 689. The van der Waals surface area contributed by atoms with Crippen molar-refractivity contribution < 1.29 is 9.59 Å². The Labute approximate surface area is 149 Å². The lowest BCUT2D eigenvalue weighted by Gasteiger charge is -2.31. The maximum absolute atomic E-state index is 12.1. The summed E-state index contributed by atoms with van der Waals surface area (Å²) in [7, 11) is 0. The number of thiophene rings is 2. The summed E-state index contributed by atoms with van der Waals surface area (Å²) in [5, 5.41) is 6.73. The Morgan fingerprint density at radius 1 is 1.29 bits per heavy atom. The maximum Gasteiger partial charge on any atom is 0.261 e. The highest BCUT2D eigenvalue weighted by Crippen LogP contribution is 2.20. The van der Waals surface area contributed by atoms with E-state index in [0.717, 1.165) is 32.5 Å². The zero-order valence-electron chi connectivity index (χ0n) is 13.4. The number of rotatable bonds is 6. The highest BCUT2D eigenvalue weighted by molar-refractivity contribution is 7.12. The molecule has 1 fully saturated rings. The predicted octanol–water partition coefficient (Wildman–Crippen LogP) is 2.55. The van der Waals surface area contributed by atoms with Crippen molar-refractivity contribution >= 4 is 34.5 Å². The van der Waals surface area contributed by atoms with Crippen LogP contribution in [-0.4, -0.2) is 36.3 Å². The van der Waals surface area contributed by atoms with E-state index in [1.165, 1.54) is 16.2 Å². The monoisotopic (exact) mass is 363 g/mol. The average Bonchev–Trinajstić information content (AvgIpc) is 3.25. The third-order valence-electron chi connectivity index (χ3n) is 4.33. The average molecular weight is 364 g/mol. The van der Waals surface area contributed by atoms with Crippen LogP contribution < -0.4 is 11.1 Å². The van der Waals surface area contributed by atoms with Crippen LogP contribution in [0.25, 0.3) is 0 Å². The predicted molar refractivity (Wildman–Crippen MR) is 97.5 cm³/mol. The van der Waals surface area contributed by atoms with Crippen molar-refractivity contribution in [3.8, 4) is 0 Å². The van der Waals surface area contributed by atoms with Gasteiger partial charge >= 0.3 is 0 Å². The fraction of sp³-hybridized carbons (Fsp3) is 0.412. The fourth-order valence-electron chi connectivity index (χ4n) is 2.88. The van der Waals surface area contributed by atoms with Gasteiger partial charge in [0.15, 0.2) is 0 Å². The van der Waals surface area contributed by atoms with Crippen LogP contribution in [0.3, 0.4) is 0 Å². The van der Waals surface area contributed by atoms with E-state index in [9.17, 15) is 9.59 Å². The quantitative estimate of drug-likeness (QED) is 0.828. The molecule has 0 unspecified atom stereocenters. The van der Waals surface area contributed by atoms with E-state index in [1.807, 2.05) is 0 Å². The maximum atomic E-state index is 12.1. The minimum absolute atomic E-state index is 0.117. The second-order valence-corrected chi connectivity index (χ2v) is 8.02. The number of nitrogens with one attached hydrogen (secondary N) is 1. The number of nitrogens with zero attached hydrogens (tertiary/aromatic N) is 1. The molecule has 2 aromatic heterocycles. The van der Waals surface area contributed by atoms with Crippen LogP contribution >= 0.6 is 22.7 Å². The molecule has 1 aliphatic rings. The van der Waals surface area contributed by atoms with Crippen molar-refractivity contribution in [1.82, 2.24) is 10.2 Å². The molecule has 1 aliphatic heterocycles. The van der Waals surface area contributed by atoms with Gasteiger partial charge < -0.3 is 11.1 Å². The molecule has 0 aromatic carbocycles. The van der Waals surface area contributed by atoms with E-state index in [-0.39, 0.29) is 5.91 Å². The first-order valence-electron chi connectivity index (χ1n) is 8.03. The van der Waals surface area contributed by atoms with Gasteiger partial charge in [-0.1, -0.05) is 6.07 Å². The topological polar surface area (TPSA) is 75.4 Å². The van der Waals surface area contributed by atoms with Crippen molar-refractivity contribution in [3.05, 3.63) is 44.3 Å². The van der Waals surface area contributed by atoms with E-state index in [4.69, 9.17) is 5.73 Å². The van der Waals surface area contributed by atoms with Gasteiger partial charge in [0, 0.05) is 23.3 Å².